The molecule has 0 spiro atoms. The van der Waals surface area contributed by atoms with Gasteiger partial charge in [-0.05, 0) is 45.6 Å². The van der Waals surface area contributed by atoms with E-state index in [0.29, 0.717) is 6.04 Å². The van der Waals surface area contributed by atoms with Crippen LogP contribution in [0, 0.1) is 5.92 Å². The van der Waals surface area contributed by atoms with E-state index in [1.165, 1.54) is 32.2 Å². The van der Waals surface area contributed by atoms with Gasteiger partial charge in [0, 0.05) is 18.1 Å². The number of hydrogen-bond donors (Lipinski definition) is 1. The van der Waals surface area contributed by atoms with E-state index in [1.54, 1.807) is 0 Å². The molecule has 0 radical (unpaired) electrons. The van der Waals surface area contributed by atoms with Gasteiger partial charge >= 0.3 is 0 Å². The van der Waals surface area contributed by atoms with Gasteiger partial charge in [-0.2, -0.15) is 0 Å². The highest BCUT2D eigenvalue weighted by molar-refractivity contribution is 4.87. The molecule has 1 saturated carbocycles. The quantitative estimate of drug-likeness (QED) is 0.794. The molecule has 2 N–H and O–H groups in total. The molecular weight excluding hydrogens is 200 g/mol. The van der Waals surface area contributed by atoms with Crippen molar-refractivity contribution >= 4 is 0 Å². The molecular formula is C13H26N2O. The van der Waals surface area contributed by atoms with Crippen LogP contribution in [0.3, 0.4) is 0 Å². The van der Waals surface area contributed by atoms with Crippen LogP contribution in [0.5, 0.6) is 0 Å². The van der Waals surface area contributed by atoms with E-state index in [0.717, 1.165) is 25.7 Å². The van der Waals surface area contributed by atoms with Crippen molar-refractivity contribution in [3.8, 4) is 0 Å². The highest BCUT2D eigenvalue weighted by Crippen LogP contribution is 2.28. The molecule has 1 saturated heterocycles. The standard InChI is InChI=1S/C13H26N2O/c1-13(2)10-16-9-8-15(13)7-6-11-4-3-5-12(11)14/h11-12H,3-10,14H2,1-2H3. The van der Waals surface area contributed by atoms with Gasteiger partial charge in [0.1, 0.15) is 0 Å². The van der Waals surface area contributed by atoms with Crippen molar-refractivity contribution in [3.63, 3.8) is 0 Å². The summed E-state index contributed by atoms with van der Waals surface area (Å²) in [4.78, 5) is 2.57. The van der Waals surface area contributed by atoms with Crippen LogP contribution in [-0.4, -0.2) is 42.8 Å². The Morgan fingerprint density at radius 1 is 1.38 bits per heavy atom. The minimum absolute atomic E-state index is 0.209. The Morgan fingerprint density at radius 2 is 2.19 bits per heavy atom. The molecule has 1 heterocycles. The molecule has 3 heteroatoms. The van der Waals surface area contributed by atoms with Crippen LogP contribution in [-0.2, 0) is 4.74 Å². The SMILES string of the molecule is CC1(C)COCCN1CCC1CCCC1N. The number of nitrogens with two attached hydrogens (primary N) is 1. The molecule has 0 aromatic heterocycles. The van der Waals surface area contributed by atoms with E-state index in [4.69, 9.17) is 10.5 Å². The van der Waals surface area contributed by atoms with Gasteiger partial charge in [-0.15, -0.1) is 0 Å². The molecule has 3 nitrogen and oxygen atoms in total. The van der Waals surface area contributed by atoms with Crippen LogP contribution in [0.1, 0.15) is 39.5 Å². The summed E-state index contributed by atoms with van der Waals surface area (Å²) in [6, 6.07) is 0.462. The smallest absolute Gasteiger partial charge is 0.0645 e. The Hall–Kier alpha value is -0.120. The highest BCUT2D eigenvalue weighted by atomic mass is 16.5. The zero-order valence-electron chi connectivity index (χ0n) is 10.7. The lowest BCUT2D eigenvalue weighted by Gasteiger charge is -2.42. The maximum absolute atomic E-state index is 6.12. The molecule has 0 aromatic carbocycles. The number of rotatable bonds is 3. The van der Waals surface area contributed by atoms with Crippen LogP contribution in [0.15, 0.2) is 0 Å². The van der Waals surface area contributed by atoms with Crippen molar-refractivity contribution in [1.29, 1.82) is 0 Å². The summed E-state index contributed by atoms with van der Waals surface area (Å²) >= 11 is 0. The summed E-state index contributed by atoms with van der Waals surface area (Å²) in [5.74, 6) is 0.763. The topological polar surface area (TPSA) is 38.5 Å². The van der Waals surface area contributed by atoms with Crippen molar-refractivity contribution in [2.24, 2.45) is 11.7 Å². The molecule has 2 atom stereocenters. The second-order valence-electron chi connectivity index (χ2n) is 6.00. The maximum Gasteiger partial charge on any atom is 0.0645 e. The largest absolute Gasteiger partial charge is 0.378 e. The van der Waals surface area contributed by atoms with Crippen LogP contribution in [0.2, 0.25) is 0 Å². The fourth-order valence-corrected chi connectivity index (χ4v) is 3.05. The molecule has 0 aromatic rings. The van der Waals surface area contributed by atoms with Crippen molar-refractivity contribution in [2.45, 2.75) is 51.1 Å². The van der Waals surface area contributed by atoms with E-state index in [1.807, 2.05) is 0 Å². The van der Waals surface area contributed by atoms with Crippen LogP contribution in [0.4, 0.5) is 0 Å². The third-order valence-corrected chi connectivity index (χ3v) is 4.30. The van der Waals surface area contributed by atoms with Crippen molar-refractivity contribution in [3.05, 3.63) is 0 Å². The van der Waals surface area contributed by atoms with Crippen LogP contribution < -0.4 is 5.73 Å². The van der Waals surface area contributed by atoms with Crippen molar-refractivity contribution < 1.29 is 4.74 Å². The maximum atomic E-state index is 6.12. The zero-order valence-corrected chi connectivity index (χ0v) is 10.7. The lowest BCUT2D eigenvalue weighted by molar-refractivity contribution is -0.0528. The van der Waals surface area contributed by atoms with Gasteiger partial charge in [0.2, 0.25) is 0 Å². The summed E-state index contributed by atoms with van der Waals surface area (Å²) in [6.45, 7) is 8.58. The first-order valence-corrected chi connectivity index (χ1v) is 6.68. The first-order chi connectivity index (χ1) is 7.59. The van der Waals surface area contributed by atoms with E-state index < -0.39 is 0 Å². The summed E-state index contributed by atoms with van der Waals surface area (Å²) in [5, 5.41) is 0. The van der Waals surface area contributed by atoms with Gasteiger partial charge in [0.25, 0.3) is 0 Å². The number of morpholine rings is 1. The lowest BCUT2D eigenvalue weighted by atomic mass is 9.97. The average molecular weight is 226 g/mol. The Balaban J connectivity index is 1.80. The van der Waals surface area contributed by atoms with Gasteiger partial charge in [-0.25, -0.2) is 0 Å². The van der Waals surface area contributed by atoms with E-state index in [2.05, 4.69) is 18.7 Å². The predicted molar refractivity (Wildman–Crippen MR) is 66.4 cm³/mol. The van der Waals surface area contributed by atoms with Gasteiger partial charge in [-0.3, -0.25) is 4.90 Å². The first kappa shape index (κ1) is 12.3. The van der Waals surface area contributed by atoms with Crippen molar-refractivity contribution in [2.75, 3.05) is 26.3 Å². The molecule has 1 aliphatic heterocycles. The van der Waals surface area contributed by atoms with Crippen LogP contribution >= 0.6 is 0 Å². The van der Waals surface area contributed by atoms with E-state index in [-0.39, 0.29) is 5.54 Å². The monoisotopic (exact) mass is 226 g/mol. The number of hydrogen-bond acceptors (Lipinski definition) is 3. The molecule has 0 bridgehead atoms. The third-order valence-electron chi connectivity index (χ3n) is 4.30. The molecule has 94 valence electrons. The molecule has 16 heavy (non-hydrogen) atoms. The lowest BCUT2D eigenvalue weighted by Crippen LogP contribution is -2.53. The van der Waals surface area contributed by atoms with Crippen molar-refractivity contribution in [1.82, 2.24) is 4.90 Å². The molecule has 2 fully saturated rings. The Labute approximate surface area is 99.3 Å². The first-order valence-electron chi connectivity index (χ1n) is 6.68. The van der Waals surface area contributed by atoms with Gasteiger partial charge < -0.3 is 10.5 Å². The van der Waals surface area contributed by atoms with Crippen LogP contribution in [0.25, 0.3) is 0 Å². The molecule has 2 rings (SSSR count). The highest BCUT2D eigenvalue weighted by Gasteiger charge is 2.31. The van der Waals surface area contributed by atoms with Gasteiger partial charge in [0.15, 0.2) is 0 Å². The molecule has 2 aliphatic rings. The minimum atomic E-state index is 0.209. The fraction of sp³-hybridized carbons (Fsp3) is 1.00. The fourth-order valence-electron chi connectivity index (χ4n) is 3.05. The zero-order chi connectivity index (χ0) is 11.6. The average Bonchev–Trinajstić information content (AvgIpc) is 2.62. The van der Waals surface area contributed by atoms with E-state index >= 15 is 0 Å². The summed E-state index contributed by atoms with van der Waals surface area (Å²) < 4.78 is 5.54. The Kier molecular flexibility index (Phi) is 3.88. The van der Waals surface area contributed by atoms with Gasteiger partial charge in [-0.1, -0.05) is 6.42 Å². The molecule has 1 aliphatic carbocycles. The Bertz CT molecular complexity index is 230. The summed E-state index contributed by atoms with van der Waals surface area (Å²) in [5.41, 5.74) is 6.33. The summed E-state index contributed by atoms with van der Waals surface area (Å²) in [6.07, 6.45) is 5.17. The molecule has 2 unspecified atom stereocenters. The normalized spacial score (nSPS) is 35.4. The second kappa shape index (κ2) is 5.03. The third kappa shape index (κ3) is 2.76. The Morgan fingerprint density at radius 3 is 2.81 bits per heavy atom. The summed E-state index contributed by atoms with van der Waals surface area (Å²) in [7, 11) is 0. The van der Waals surface area contributed by atoms with Gasteiger partial charge in [0.05, 0.1) is 13.2 Å². The second-order valence-corrected chi connectivity index (χ2v) is 6.00. The predicted octanol–water partition coefficient (Wildman–Crippen LogP) is 1.61. The van der Waals surface area contributed by atoms with E-state index in [9.17, 15) is 0 Å². The minimum Gasteiger partial charge on any atom is -0.378 e. The molecule has 0 amide bonds. The number of ether oxygens (including phenoxy) is 1. The number of nitrogens with zero attached hydrogens (tertiary/aromatic N) is 1.